The molecule has 0 saturated carbocycles. The van der Waals surface area contributed by atoms with Crippen molar-refractivity contribution in [1.29, 1.82) is 0 Å². The minimum atomic E-state index is -0.0486. The molecular weight excluding hydrogens is 218 g/mol. The average Bonchev–Trinajstić information content (AvgIpc) is 2.23. The molecule has 4 heteroatoms. The van der Waals surface area contributed by atoms with Gasteiger partial charge in [0.25, 0.3) is 0 Å². The summed E-state index contributed by atoms with van der Waals surface area (Å²) < 4.78 is 0. The van der Waals surface area contributed by atoms with Crippen molar-refractivity contribution in [2.24, 2.45) is 5.92 Å². The first-order valence-electron chi connectivity index (χ1n) is 5.84. The van der Waals surface area contributed by atoms with Gasteiger partial charge in [0.05, 0.1) is 6.61 Å². The number of hydrogen-bond donors (Lipinski definition) is 4. The summed E-state index contributed by atoms with van der Waals surface area (Å²) in [6, 6.07) is 4.45. The third-order valence-corrected chi connectivity index (χ3v) is 2.89. The number of aliphatic hydroxyl groups excluding tert-OH is 1. The van der Waals surface area contributed by atoms with Gasteiger partial charge in [0.15, 0.2) is 0 Å². The van der Waals surface area contributed by atoms with E-state index in [4.69, 9.17) is 0 Å². The zero-order valence-corrected chi connectivity index (χ0v) is 10.5. The largest absolute Gasteiger partial charge is 0.508 e. The molecular formula is C13H21NO3. The molecule has 17 heavy (non-hydrogen) atoms. The molecule has 0 saturated heterocycles. The van der Waals surface area contributed by atoms with E-state index in [1.807, 2.05) is 20.8 Å². The maximum absolute atomic E-state index is 9.41. The van der Waals surface area contributed by atoms with E-state index >= 15 is 0 Å². The lowest BCUT2D eigenvalue weighted by Crippen LogP contribution is -2.38. The Morgan fingerprint density at radius 2 is 1.59 bits per heavy atom. The lowest BCUT2D eigenvalue weighted by molar-refractivity contribution is 0.201. The number of phenols is 2. The Labute approximate surface area is 102 Å². The number of aliphatic hydroxyl groups is 1. The molecule has 1 aromatic carbocycles. The highest BCUT2D eigenvalue weighted by Gasteiger charge is 2.16. The third-order valence-electron chi connectivity index (χ3n) is 2.89. The van der Waals surface area contributed by atoms with Gasteiger partial charge in [-0.05, 0) is 30.5 Å². The van der Waals surface area contributed by atoms with Gasteiger partial charge in [-0.1, -0.05) is 13.8 Å². The second-order valence-electron chi connectivity index (χ2n) is 4.70. The third kappa shape index (κ3) is 3.91. The summed E-state index contributed by atoms with van der Waals surface area (Å²) in [6.45, 7) is 6.05. The molecule has 0 heterocycles. The molecule has 4 nitrogen and oxygen atoms in total. The number of aromatic hydroxyl groups is 2. The molecule has 0 aliphatic heterocycles. The molecule has 0 fully saturated rings. The van der Waals surface area contributed by atoms with Crippen LogP contribution in [-0.2, 0) is 0 Å². The maximum atomic E-state index is 9.41. The van der Waals surface area contributed by atoms with Crippen molar-refractivity contribution in [1.82, 2.24) is 5.32 Å². The first kappa shape index (κ1) is 13.8. The van der Waals surface area contributed by atoms with Crippen LogP contribution in [0, 0.1) is 5.92 Å². The summed E-state index contributed by atoms with van der Waals surface area (Å²) in [5.74, 6) is 0.394. The summed E-state index contributed by atoms with van der Waals surface area (Å²) >= 11 is 0. The fourth-order valence-electron chi connectivity index (χ4n) is 1.74. The van der Waals surface area contributed by atoms with Crippen molar-refractivity contribution in [2.45, 2.75) is 32.9 Å². The highest BCUT2D eigenvalue weighted by Crippen LogP contribution is 2.25. The second kappa shape index (κ2) is 5.89. The van der Waals surface area contributed by atoms with Gasteiger partial charge in [-0.2, -0.15) is 0 Å². The van der Waals surface area contributed by atoms with E-state index in [0.717, 1.165) is 5.56 Å². The topological polar surface area (TPSA) is 72.7 Å². The molecule has 1 rings (SSSR count). The molecule has 2 unspecified atom stereocenters. The molecule has 0 aromatic heterocycles. The van der Waals surface area contributed by atoms with Gasteiger partial charge in [-0.15, -0.1) is 0 Å². The Balaban J connectivity index is 2.78. The molecule has 0 spiro atoms. The van der Waals surface area contributed by atoms with Gasteiger partial charge in [-0.3, -0.25) is 0 Å². The van der Waals surface area contributed by atoms with Crippen LogP contribution >= 0.6 is 0 Å². The molecule has 96 valence electrons. The smallest absolute Gasteiger partial charge is 0.119 e. The van der Waals surface area contributed by atoms with E-state index in [9.17, 15) is 15.3 Å². The SMILES string of the molecule is CC(NC(CO)C(C)C)c1cc(O)cc(O)c1. The summed E-state index contributed by atoms with van der Waals surface area (Å²) in [7, 11) is 0. The monoisotopic (exact) mass is 239 g/mol. The Morgan fingerprint density at radius 1 is 1.06 bits per heavy atom. The molecule has 1 aromatic rings. The van der Waals surface area contributed by atoms with Crippen molar-refractivity contribution in [2.75, 3.05) is 6.61 Å². The van der Waals surface area contributed by atoms with E-state index in [1.165, 1.54) is 6.07 Å². The Hall–Kier alpha value is -1.26. The van der Waals surface area contributed by atoms with E-state index in [1.54, 1.807) is 12.1 Å². The Bertz CT molecular complexity index is 345. The number of phenolic OH excluding ortho intramolecular Hbond substituents is 2. The molecule has 0 aliphatic rings. The van der Waals surface area contributed by atoms with Gasteiger partial charge in [-0.25, -0.2) is 0 Å². The molecule has 0 bridgehead atoms. The summed E-state index contributed by atoms with van der Waals surface area (Å²) in [5, 5.41) is 31.3. The van der Waals surface area contributed by atoms with Crippen LogP contribution < -0.4 is 5.32 Å². The number of rotatable bonds is 5. The van der Waals surface area contributed by atoms with Crippen molar-refractivity contribution < 1.29 is 15.3 Å². The van der Waals surface area contributed by atoms with E-state index in [2.05, 4.69) is 5.32 Å². The highest BCUT2D eigenvalue weighted by atomic mass is 16.3. The van der Waals surface area contributed by atoms with Gasteiger partial charge < -0.3 is 20.6 Å². The maximum Gasteiger partial charge on any atom is 0.119 e. The molecule has 2 atom stereocenters. The van der Waals surface area contributed by atoms with Crippen molar-refractivity contribution in [3.63, 3.8) is 0 Å². The van der Waals surface area contributed by atoms with Crippen LogP contribution in [0.4, 0.5) is 0 Å². The normalized spacial score (nSPS) is 14.9. The Morgan fingerprint density at radius 3 is 2.00 bits per heavy atom. The molecule has 4 N–H and O–H groups in total. The van der Waals surface area contributed by atoms with Crippen LogP contribution in [0.1, 0.15) is 32.4 Å². The van der Waals surface area contributed by atoms with Crippen molar-refractivity contribution in [3.8, 4) is 11.5 Å². The average molecular weight is 239 g/mol. The summed E-state index contributed by atoms with van der Waals surface area (Å²) in [6.07, 6.45) is 0. The fraction of sp³-hybridized carbons (Fsp3) is 0.538. The zero-order valence-electron chi connectivity index (χ0n) is 10.5. The van der Waals surface area contributed by atoms with Crippen LogP contribution in [0.2, 0.25) is 0 Å². The lowest BCUT2D eigenvalue weighted by atomic mass is 10.0. The highest BCUT2D eigenvalue weighted by molar-refractivity contribution is 5.37. The standard InChI is InChI=1S/C13H21NO3/c1-8(2)13(7-15)14-9(3)10-4-11(16)6-12(17)5-10/h4-6,8-9,13-17H,7H2,1-3H3. The second-order valence-corrected chi connectivity index (χ2v) is 4.70. The van der Waals surface area contributed by atoms with Crippen LogP contribution in [0.5, 0.6) is 11.5 Å². The van der Waals surface area contributed by atoms with E-state index in [-0.39, 0.29) is 30.2 Å². The number of benzene rings is 1. The van der Waals surface area contributed by atoms with Crippen LogP contribution in [-0.4, -0.2) is 28.0 Å². The van der Waals surface area contributed by atoms with Crippen LogP contribution in [0.3, 0.4) is 0 Å². The first-order chi connectivity index (χ1) is 7.93. The predicted octanol–water partition coefficient (Wildman–Crippen LogP) is 1.77. The lowest BCUT2D eigenvalue weighted by Gasteiger charge is -2.25. The van der Waals surface area contributed by atoms with Gasteiger partial charge in [0.1, 0.15) is 11.5 Å². The van der Waals surface area contributed by atoms with Gasteiger partial charge in [0, 0.05) is 18.2 Å². The minimum Gasteiger partial charge on any atom is -0.508 e. The summed E-state index contributed by atoms with van der Waals surface area (Å²) in [5.41, 5.74) is 0.793. The Kier molecular flexibility index (Phi) is 4.78. The summed E-state index contributed by atoms with van der Waals surface area (Å²) in [4.78, 5) is 0. The quantitative estimate of drug-likeness (QED) is 0.632. The van der Waals surface area contributed by atoms with E-state index in [0.29, 0.717) is 5.92 Å². The van der Waals surface area contributed by atoms with Gasteiger partial charge in [0.2, 0.25) is 0 Å². The van der Waals surface area contributed by atoms with Gasteiger partial charge >= 0.3 is 0 Å². The van der Waals surface area contributed by atoms with Crippen molar-refractivity contribution in [3.05, 3.63) is 23.8 Å². The van der Waals surface area contributed by atoms with Crippen LogP contribution in [0.15, 0.2) is 18.2 Å². The fourth-order valence-corrected chi connectivity index (χ4v) is 1.74. The predicted molar refractivity (Wildman–Crippen MR) is 67.0 cm³/mol. The zero-order chi connectivity index (χ0) is 13.0. The number of hydrogen-bond acceptors (Lipinski definition) is 4. The van der Waals surface area contributed by atoms with Crippen LogP contribution in [0.25, 0.3) is 0 Å². The molecule has 0 amide bonds. The first-order valence-corrected chi connectivity index (χ1v) is 5.84. The number of nitrogens with one attached hydrogen (secondary N) is 1. The van der Waals surface area contributed by atoms with Crippen molar-refractivity contribution >= 4 is 0 Å². The molecule has 0 aliphatic carbocycles. The minimum absolute atomic E-state index is 0.00510. The van der Waals surface area contributed by atoms with E-state index < -0.39 is 0 Å². The molecule has 0 radical (unpaired) electrons.